The molecule has 3 heterocycles. The van der Waals surface area contributed by atoms with Crippen molar-refractivity contribution in [3.8, 4) is 11.1 Å². The smallest absolute Gasteiger partial charge is 0.251 e. The maximum atomic E-state index is 13.0. The quantitative estimate of drug-likeness (QED) is 0.847. The number of amides is 2. The number of likely N-dealkylation sites (tertiary alicyclic amines) is 1. The summed E-state index contributed by atoms with van der Waals surface area (Å²) < 4.78 is 5.58. The number of nitrogens with one attached hydrogen (secondary N) is 1. The summed E-state index contributed by atoms with van der Waals surface area (Å²) in [4.78, 5) is 31.9. The van der Waals surface area contributed by atoms with Gasteiger partial charge in [-0.1, -0.05) is 30.3 Å². The maximum Gasteiger partial charge on any atom is 0.251 e. The van der Waals surface area contributed by atoms with E-state index in [4.69, 9.17) is 4.74 Å². The minimum Gasteiger partial charge on any atom is -0.368 e. The Bertz CT molecular complexity index is 880. The minimum atomic E-state index is -0.638. The molecule has 0 radical (unpaired) electrons. The van der Waals surface area contributed by atoms with Crippen LogP contribution in [-0.2, 0) is 20.7 Å². The zero-order chi connectivity index (χ0) is 20.3. The van der Waals surface area contributed by atoms with Gasteiger partial charge in [0.15, 0.2) is 0 Å². The van der Waals surface area contributed by atoms with E-state index in [0.717, 1.165) is 29.5 Å². The highest BCUT2D eigenvalue weighted by molar-refractivity contribution is 5.87. The molecule has 0 unspecified atom stereocenters. The Morgan fingerprint density at radius 2 is 2.14 bits per heavy atom. The van der Waals surface area contributed by atoms with E-state index in [9.17, 15) is 9.59 Å². The summed E-state index contributed by atoms with van der Waals surface area (Å²) in [5.74, 6) is 0.00922. The van der Waals surface area contributed by atoms with Gasteiger partial charge in [0.25, 0.3) is 5.91 Å². The maximum absolute atomic E-state index is 13.0. The van der Waals surface area contributed by atoms with Crippen molar-refractivity contribution in [2.45, 2.75) is 31.8 Å². The van der Waals surface area contributed by atoms with Gasteiger partial charge in [-0.05, 0) is 42.9 Å². The molecule has 4 rings (SSSR count). The molecule has 1 aromatic carbocycles. The average molecular weight is 393 g/mol. The zero-order valence-electron chi connectivity index (χ0n) is 16.8. The minimum absolute atomic E-state index is 0.0128. The van der Waals surface area contributed by atoms with Gasteiger partial charge >= 0.3 is 0 Å². The lowest BCUT2D eigenvalue weighted by Gasteiger charge is -2.29. The number of benzene rings is 1. The van der Waals surface area contributed by atoms with E-state index in [0.29, 0.717) is 32.5 Å². The summed E-state index contributed by atoms with van der Waals surface area (Å²) in [6.07, 6.45) is 6.16. The van der Waals surface area contributed by atoms with Crippen molar-refractivity contribution < 1.29 is 14.3 Å². The van der Waals surface area contributed by atoms with E-state index in [1.165, 1.54) is 0 Å². The number of ether oxygens (including phenoxy) is 1. The molecule has 1 aromatic heterocycles. The van der Waals surface area contributed by atoms with Gasteiger partial charge in [0.05, 0.1) is 5.41 Å². The van der Waals surface area contributed by atoms with E-state index in [2.05, 4.69) is 22.4 Å². The second kappa shape index (κ2) is 8.33. The van der Waals surface area contributed by atoms with Gasteiger partial charge in [0.1, 0.15) is 6.10 Å². The van der Waals surface area contributed by atoms with Gasteiger partial charge in [-0.25, -0.2) is 0 Å². The number of nitrogens with zero attached hydrogens (tertiary/aromatic N) is 2. The van der Waals surface area contributed by atoms with Gasteiger partial charge < -0.3 is 15.0 Å². The molecule has 2 atom stereocenters. The second-order valence-electron chi connectivity index (χ2n) is 7.95. The number of hydrogen-bond donors (Lipinski definition) is 1. The first-order chi connectivity index (χ1) is 14.1. The van der Waals surface area contributed by atoms with Crippen molar-refractivity contribution in [2.75, 3.05) is 26.7 Å². The third kappa shape index (κ3) is 3.90. The molecular formula is C23H27N3O3. The van der Waals surface area contributed by atoms with Crippen LogP contribution in [0.1, 0.15) is 24.8 Å². The molecule has 0 aliphatic carbocycles. The van der Waals surface area contributed by atoms with Gasteiger partial charge in [0, 0.05) is 44.7 Å². The molecule has 2 aliphatic rings. The van der Waals surface area contributed by atoms with E-state index in [-0.39, 0.29) is 17.9 Å². The molecular weight excluding hydrogens is 366 g/mol. The van der Waals surface area contributed by atoms with Crippen LogP contribution < -0.4 is 5.32 Å². The third-order valence-corrected chi connectivity index (χ3v) is 6.10. The topological polar surface area (TPSA) is 71.5 Å². The number of rotatable bonds is 5. The highest BCUT2D eigenvalue weighted by Crippen LogP contribution is 2.38. The normalized spacial score (nSPS) is 23.9. The molecule has 2 saturated heterocycles. The van der Waals surface area contributed by atoms with Crippen molar-refractivity contribution >= 4 is 11.8 Å². The highest BCUT2D eigenvalue weighted by atomic mass is 16.5. The molecule has 2 aromatic rings. The lowest BCUT2D eigenvalue weighted by atomic mass is 9.78. The molecule has 6 heteroatoms. The first-order valence-electron chi connectivity index (χ1n) is 10.2. The number of carbonyl (C=O) groups is 2. The SMILES string of the molecule is CNC(=O)[C@@]1(Cc2ccccc2-c2cccnc2)CCN(C(=O)[C@H]2CCCO2)C1. The Kier molecular flexibility index (Phi) is 5.62. The fourth-order valence-electron chi connectivity index (χ4n) is 4.55. The van der Waals surface area contributed by atoms with E-state index in [1.54, 1.807) is 13.2 Å². The van der Waals surface area contributed by atoms with Crippen LogP contribution in [0, 0.1) is 5.41 Å². The van der Waals surface area contributed by atoms with Crippen molar-refractivity contribution in [2.24, 2.45) is 5.41 Å². The number of hydrogen-bond acceptors (Lipinski definition) is 4. The first kappa shape index (κ1) is 19.6. The number of pyridine rings is 1. The van der Waals surface area contributed by atoms with E-state index in [1.807, 2.05) is 35.4 Å². The predicted octanol–water partition coefficient (Wildman–Crippen LogP) is 2.43. The molecule has 29 heavy (non-hydrogen) atoms. The predicted molar refractivity (Wildman–Crippen MR) is 110 cm³/mol. The molecule has 152 valence electrons. The van der Waals surface area contributed by atoms with Crippen molar-refractivity contribution in [1.29, 1.82) is 0 Å². The molecule has 2 amide bonds. The van der Waals surface area contributed by atoms with Gasteiger partial charge in [-0.2, -0.15) is 0 Å². The van der Waals surface area contributed by atoms with Crippen LogP contribution in [0.2, 0.25) is 0 Å². The highest BCUT2D eigenvalue weighted by Gasteiger charge is 2.47. The molecule has 6 nitrogen and oxygen atoms in total. The largest absolute Gasteiger partial charge is 0.368 e. The number of carbonyl (C=O) groups excluding carboxylic acids is 2. The Hall–Kier alpha value is -2.73. The lowest BCUT2D eigenvalue weighted by Crippen LogP contribution is -2.45. The second-order valence-corrected chi connectivity index (χ2v) is 7.95. The monoisotopic (exact) mass is 393 g/mol. The van der Waals surface area contributed by atoms with Crippen molar-refractivity contribution in [3.05, 3.63) is 54.4 Å². The Labute approximate surface area is 171 Å². The molecule has 1 N–H and O–H groups in total. The van der Waals surface area contributed by atoms with Crippen LogP contribution >= 0.6 is 0 Å². The summed E-state index contributed by atoms with van der Waals surface area (Å²) in [6.45, 7) is 1.65. The third-order valence-electron chi connectivity index (χ3n) is 6.10. The summed E-state index contributed by atoms with van der Waals surface area (Å²) >= 11 is 0. The zero-order valence-corrected chi connectivity index (χ0v) is 16.8. The van der Waals surface area contributed by atoms with Gasteiger partial charge in [0.2, 0.25) is 5.91 Å². The van der Waals surface area contributed by atoms with Crippen LogP contribution in [-0.4, -0.2) is 54.5 Å². The summed E-state index contributed by atoms with van der Waals surface area (Å²) in [5, 5.41) is 2.84. The Morgan fingerprint density at radius 1 is 1.28 bits per heavy atom. The summed E-state index contributed by atoms with van der Waals surface area (Å²) in [5.41, 5.74) is 2.56. The average Bonchev–Trinajstić information content (AvgIpc) is 3.45. The fourth-order valence-corrected chi connectivity index (χ4v) is 4.55. The number of aromatic nitrogens is 1. The summed E-state index contributed by atoms with van der Waals surface area (Å²) in [6, 6.07) is 12.1. The van der Waals surface area contributed by atoms with Crippen molar-refractivity contribution in [3.63, 3.8) is 0 Å². The Morgan fingerprint density at radius 3 is 2.86 bits per heavy atom. The molecule has 2 aliphatic heterocycles. The standard InChI is InChI=1S/C23H27N3O3/c1-24-22(28)23(10-12-26(16-23)21(27)20-9-5-13-29-20)14-17-6-2-3-8-19(17)18-7-4-11-25-15-18/h2-4,6-8,11,15,20H,5,9-10,12-14,16H2,1H3,(H,24,28)/t20-,23-/m1/s1. The lowest BCUT2D eigenvalue weighted by molar-refractivity contribution is -0.140. The van der Waals surface area contributed by atoms with Crippen LogP contribution in [0.5, 0.6) is 0 Å². The van der Waals surface area contributed by atoms with Gasteiger partial charge in [-0.15, -0.1) is 0 Å². The molecule has 2 fully saturated rings. The van der Waals surface area contributed by atoms with Crippen LogP contribution in [0.4, 0.5) is 0 Å². The van der Waals surface area contributed by atoms with E-state index >= 15 is 0 Å². The molecule has 0 saturated carbocycles. The molecule has 0 bridgehead atoms. The van der Waals surface area contributed by atoms with Crippen LogP contribution in [0.3, 0.4) is 0 Å². The van der Waals surface area contributed by atoms with Crippen LogP contribution in [0.15, 0.2) is 48.8 Å². The van der Waals surface area contributed by atoms with E-state index < -0.39 is 5.41 Å². The first-order valence-corrected chi connectivity index (χ1v) is 10.2. The fraction of sp³-hybridized carbons (Fsp3) is 0.435. The van der Waals surface area contributed by atoms with Crippen molar-refractivity contribution in [1.82, 2.24) is 15.2 Å². The summed E-state index contributed by atoms with van der Waals surface area (Å²) in [7, 11) is 1.67. The Balaban J connectivity index is 1.61. The molecule has 0 spiro atoms. The van der Waals surface area contributed by atoms with Gasteiger partial charge in [-0.3, -0.25) is 14.6 Å². The van der Waals surface area contributed by atoms with Crippen LogP contribution in [0.25, 0.3) is 11.1 Å².